The Hall–Kier alpha value is -1.97. The van der Waals surface area contributed by atoms with E-state index in [4.69, 9.17) is 0 Å². The molecule has 1 aliphatic heterocycles. The van der Waals surface area contributed by atoms with Gasteiger partial charge in [-0.3, -0.25) is 4.90 Å². The van der Waals surface area contributed by atoms with Gasteiger partial charge >= 0.3 is 6.30 Å². The summed E-state index contributed by atoms with van der Waals surface area (Å²) < 4.78 is 40.4. The van der Waals surface area contributed by atoms with Gasteiger partial charge in [-0.25, -0.2) is 0 Å². The number of hydrogen-bond donors (Lipinski definition) is 0. The molecule has 0 saturated carbocycles. The van der Waals surface area contributed by atoms with Crippen LogP contribution in [0, 0.1) is 0 Å². The number of rotatable bonds is 0. The number of para-hydroxylation sites is 2. The Kier molecular flexibility index (Phi) is 2.61. The summed E-state index contributed by atoms with van der Waals surface area (Å²) in [5.74, 6) is 0. The van der Waals surface area contributed by atoms with Crippen LogP contribution in [0.5, 0.6) is 0 Å². The molecule has 0 N–H and O–H groups in total. The summed E-state index contributed by atoms with van der Waals surface area (Å²) >= 11 is 0. The standard InChI is InChI=1S/C16H14F3N/c1-15(2)11-7-3-5-9-13(11)20(16(17,18)19)14-10-6-4-8-12(14)15/h3-10H,1-2H3. The lowest BCUT2D eigenvalue weighted by atomic mass is 9.74. The topological polar surface area (TPSA) is 3.24 Å². The minimum atomic E-state index is -4.44. The molecule has 0 fully saturated rings. The predicted molar refractivity (Wildman–Crippen MR) is 73.2 cm³/mol. The minimum absolute atomic E-state index is 0.212. The normalized spacial score (nSPS) is 16.6. The summed E-state index contributed by atoms with van der Waals surface area (Å²) in [6.45, 7) is 3.91. The summed E-state index contributed by atoms with van der Waals surface area (Å²) in [6.07, 6.45) is -4.44. The Labute approximate surface area is 115 Å². The number of benzene rings is 2. The van der Waals surface area contributed by atoms with Crippen molar-refractivity contribution in [1.82, 2.24) is 0 Å². The van der Waals surface area contributed by atoms with Crippen molar-refractivity contribution in [3.63, 3.8) is 0 Å². The lowest BCUT2D eigenvalue weighted by Gasteiger charge is -2.42. The Balaban J connectivity index is 2.36. The number of hydrogen-bond acceptors (Lipinski definition) is 1. The van der Waals surface area contributed by atoms with Crippen LogP contribution < -0.4 is 4.90 Å². The van der Waals surface area contributed by atoms with Gasteiger partial charge in [0.2, 0.25) is 0 Å². The van der Waals surface area contributed by atoms with Crippen molar-refractivity contribution in [1.29, 1.82) is 0 Å². The Morgan fingerprint density at radius 2 is 1.20 bits per heavy atom. The third-order valence-corrected chi connectivity index (χ3v) is 3.89. The highest BCUT2D eigenvalue weighted by Crippen LogP contribution is 2.51. The Bertz CT molecular complexity index is 609. The minimum Gasteiger partial charge on any atom is -0.252 e. The van der Waals surface area contributed by atoms with Crippen LogP contribution in [0.1, 0.15) is 25.0 Å². The van der Waals surface area contributed by atoms with Crippen LogP contribution in [0.25, 0.3) is 0 Å². The van der Waals surface area contributed by atoms with E-state index in [-0.39, 0.29) is 11.4 Å². The van der Waals surface area contributed by atoms with Crippen LogP contribution in [0.4, 0.5) is 24.5 Å². The smallest absolute Gasteiger partial charge is 0.252 e. The first kappa shape index (κ1) is 13.0. The van der Waals surface area contributed by atoms with Gasteiger partial charge in [-0.2, -0.15) is 0 Å². The highest BCUT2D eigenvalue weighted by Gasteiger charge is 2.46. The Morgan fingerprint density at radius 1 is 0.800 bits per heavy atom. The van der Waals surface area contributed by atoms with Crippen molar-refractivity contribution in [2.24, 2.45) is 0 Å². The monoisotopic (exact) mass is 277 g/mol. The molecule has 2 aromatic carbocycles. The van der Waals surface area contributed by atoms with Gasteiger partial charge in [0.25, 0.3) is 0 Å². The second-order valence-corrected chi connectivity index (χ2v) is 5.46. The quantitative estimate of drug-likeness (QED) is 0.613. The van der Waals surface area contributed by atoms with E-state index in [1.807, 2.05) is 13.8 Å². The fourth-order valence-electron chi connectivity index (χ4n) is 2.94. The Morgan fingerprint density at radius 3 is 1.60 bits per heavy atom. The van der Waals surface area contributed by atoms with Crippen molar-refractivity contribution in [3.8, 4) is 0 Å². The van der Waals surface area contributed by atoms with E-state index < -0.39 is 11.7 Å². The zero-order chi connectivity index (χ0) is 14.5. The van der Waals surface area contributed by atoms with Crippen molar-refractivity contribution >= 4 is 11.4 Å². The van der Waals surface area contributed by atoms with Crippen LogP contribution in [0.15, 0.2) is 48.5 Å². The molecule has 2 aromatic rings. The number of anilines is 2. The fourth-order valence-corrected chi connectivity index (χ4v) is 2.94. The van der Waals surface area contributed by atoms with Gasteiger partial charge in [0.1, 0.15) is 0 Å². The van der Waals surface area contributed by atoms with Gasteiger partial charge in [-0.05, 0) is 23.3 Å². The molecule has 20 heavy (non-hydrogen) atoms. The molecule has 1 heterocycles. The molecule has 3 rings (SSSR count). The maximum atomic E-state index is 13.5. The molecule has 0 bridgehead atoms. The van der Waals surface area contributed by atoms with Gasteiger partial charge in [-0.15, -0.1) is 13.2 Å². The van der Waals surface area contributed by atoms with Gasteiger partial charge in [0.15, 0.2) is 0 Å². The van der Waals surface area contributed by atoms with E-state index in [0.717, 1.165) is 0 Å². The lowest BCUT2D eigenvalue weighted by molar-refractivity contribution is -0.121. The molecule has 0 saturated heterocycles. The van der Waals surface area contributed by atoms with Crippen molar-refractivity contribution < 1.29 is 13.2 Å². The number of fused-ring (bicyclic) bond motifs is 2. The van der Waals surface area contributed by atoms with Gasteiger partial charge < -0.3 is 0 Å². The van der Waals surface area contributed by atoms with Crippen LogP contribution in [-0.4, -0.2) is 6.30 Å². The summed E-state index contributed by atoms with van der Waals surface area (Å²) in [5.41, 5.74) is 1.36. The van der Waals surface area contributed by atoms with E-state index in [2.05, 4.69) is 0 Å². The second-order valence-electron chi connectivity index (χ2n) is 5.46. The van der Waals surface area contributed by atoms with Crippen LogP contribution in [0.2, 0.25) is 0 Å². The first-order chi connectivity index (χ1) is 9.33. The zero-order valence-electron chi connectivity index (χ0n) is 11.2. The first-order valence-corrected chi connectivity index (χ1v) is 6.39. The summed E-state index contributed by atoms with van der Waals surface area (Å²) in [6, 6.07) is 13.4. The zero-order valence-corrected chi connectivity index (χ0v) is 11.2. The van der Waals surface area contributed by atoms with Gasteiger partial charge in [0, 0.05) is 5.41 Å². The molecule has 0 aromatic heterocycles. The molecule has 4 heteroatoms. The first-order valence-electron chi connectivity index (χ1n) is 6.39. The van der Waals surface area contributed by atoms with Gasteiger partial charge in [-0.1, -0.05) is 50.2 Å². The third kappa shape index (κ3) is 1.71. The molecule has 0 aliphatic carbocycles. The molecule has 1 aliphatic rings. The van der Waals surface area contributed by atoms with Crippen molar-refractivity contribution in [3.05, 3.63) is 59.7 Å². The van der Waals surface area contributed by atoms with E-state index in [9.17, 15) is 13.2 Å². The highest BCUT2D eigenvalue weighted by atomic mass is 19.4. The van der Waals surface area contributed by atoms with Crippen LogP contribution in [-0.2, 0) is 5.41 Å². The highest BCUT2D eigenvalue weighted by molar-refractivity contribution is 5.78. The predicted octanol–water partition coefficient (Wildman–Crippen LogP) is 4.98. The lowest BCUT2D eigenvalue weighted by Crippen LogP contribution is -2.41. The number of nitrogens with zero attached hydrogens (tertiary/aromatic N) is 1. The maximum Gasteiger partial charge on any atom is 0.489 e. The van der Waals surface area contributed by atoms with Crippen molar-refractivity contribution in [2.75, 3.05) is 4.90 Å². The molecule has 1 nitrogen and oxygen atoms in total. The summed E-state index contributed by atoms with van der Waals surface area (Å²) in [7, 11) is 0. The molecule has 104 valence electrons. The van der Waals surface area contributed by atoms with E-state index in [1.165, 1.54) is 12.1 Å². The molecule has 0 amide bonds. The number of halogens is 3. The van der Waals surface area contributed by atoms with Crippen molar-refractivity contribution in [2.45, 2.75) is 25.6 Å². The molecule has 0 unspecified atom stereocenters. The van der Waals surface area contributed by atoms with E-state index in [0.29, 0.717) is 16.0 Å². The van der Waals surface area contributed by atoms with Gasteiger partial charge in [0.05, 0.1) is 11.4 Å². The molecule has 0 spiro atoms. The van der Waals surface area contributed by atoms with E-state index >= 15 is 0 Å². The molecule has 0 atom stereocenters. The fraction of sp³-hybridized carbons (Fsp3) is 0.250. The molecular weight excluding hydrogens is 263 g/mol. The molecular formula is C16H14F3N. The molecule has 0 radical (unpaired) electrons. The average molecular weight is 277 g/mol. The summed E-state index contributed by atoms with van der Waals surface area (Å²) in [4.78, 5) is 0.475. The number of alkyl halides is 3. The average Bonchev–Trinajstić information content (AvgIpc) is 2.38. The third-order valence-electron chi connectivity index (χ3n) is 3.89. The van der Waals surface area contributed by atoms with Crippen LogP contribution in [0.3, 0.4) is 0 Å². The largest absolute Gasteiger partial charge is 0.489 e. The SMILES string of the molecule is CC1(C)c2ccccc2N(C(F)(F)F)c2ccccc21. The summed E-state index contributed by atoms with van der Waals surface area (Å²) in [5, 5.41) is 0. The van der Waals surface area contributed by atoms with E-state index in [1.54, 1.807) is 36.4 Å². The maximum absolute atomic E-state index is 13.5. The second kappa shape index (κ2) is 4.01. The van der Waals surface area contributed by atoms with Crippen LogP contribution >= 0.6 is 0 Å².